The number of hydrogen-bond donors (Lipinski definition) is 4. The van der Waals surface area contributed by atoms with E-state index in [1.165, 1.54) is 13.1 Å². The van der Waals surface area contributed by atoms with Crippen molar-refractivity contribution in [3.05, 3.63) is 114 Å². The normalized spacial score (nSPS) is 15.9. The van der Waals surface area contributed by atoms with Crippen molar-refractivity contribution in [3.63, 3.8) is 0 Å². The van der Waals surface area contributed by atoms with Gasteiger partial charge in [0.15, 0.2) is 5.78 Å². The van der Waals surface area contributed by atoms with Crippen LogP contribution in [0.3, 0.4) is 0 Å². The Labute approximate surface area is 344 Å². The molecule has 59 heavy (non-hydrogen) atoms. The van der Waals surface area contributed by atoms with Gasteiger partial charge in [-0.15, -0.1) is 0 Å². The molecule has 2 heterocycles. The number of unbranched alkanes of at least 4 members (excludes halogenated alkanes) is 4. The van der Waals surface area contributed by atoms with E-state index < -0.39 is 47.4 Å². The molecule has 0 aliphatic carbocycles. The molecule has 1 aromatic heterocycles. The third-order valence-corrected chi connectivity index (χ3v) is 10.3. The fourth-order valence-electron chi connectivity index (χ4n) is 7.01. The Bertz CT molecular complexity index is 2040. The van der Waals surface area contributed by atoms with Gasteiger partial charge < -0.3 is 30.4 Å². The van der Waals surface area contributed by atoms with Gasteiger partial charge in [-0.25, -0.2) is 4.98 Å². The number of anilines is 1. The molecule has 3 aromatic carbocycles. The minimum atomic E-state index is -1.16. The van der Waals surface area contributed by atoms with E-state index in [1.807, 2.05) is 84.9 Å². The maximum absolute atomic E-state index is 13.3. The lowest BCUT2D eigenvalue weighted by Gasteiger charge is -2.26. The molecular weight excluding hydrogens is 753 g/mol. The molecule has 0 unspecified atom stereocenters. The fraction of sp³-hybridized carbons (Fsp3) is 0.400. The summed E-state index contributed by atoms with van der Waals surface area (Å²) in [5.41, 5.74) is 8.26. The van der Waals surface area contributed by atoms with Crippen molar-refractivity contribution in [1.29, 1.82) is 0 Å². The van der Waals surface area contributed by atoms with Crippen LogP contribution in [0.5, 0.6) is 5.75 Å². The monoisotopic (exact) mass is 806 g/mol. The smallest absolute Gasteiger partial charge is 0.292 e. The standard InChI is InChI=1S/C45H54N6O8/c1-29(2)40(41(54)39-30(3)42(55)50-43(39)56)49-38(53)25-35(33-17-11-8-12-18-33)48-37(52)19-13-5-4-6-14-24-58-34-22-20-32(21-23-34)28-51(27-31-15-9-7-10-16-31)44(57)36-26-47-45(46)59-36/h7-12,15-18,20-23,26,29-30,35,39-40H,4-6,13-14,19,24-25,27-28H2,1-3H3,(H2,46,47)(H,48,52)(H,49,53)(H,50,55,56)/t30-,35-,39-,40-/m0/s1. The van der Waals surface area contributed by atoms with Gasteiger partial charge in [0.25, 0.3) is 11.9 Å². The summed E-state index contributed by atoms with van der Waals surface area (Å²) in [6.07, 6.45) is 5.76. The number of ketones is 1. The largest absolute Gasteiger partial charge is 0.494 e. The van der Waals surface area contributed by atoms with Crippen LogP contribution in [0.1, 0.15) is 99.0 Å². The van der Waals surface area contributed by atoms with Gasteiger partial charge in [-0.05, 0) is 47.6 Å². The van der Waals surface area contributed by atoms with Gasteiger partial charge in [-0.1, -0.05) is 113 Å². The van der Waals surface area contributed by atoms with Gasteiger partial charge in [0.05, 0.1) is 37.2 Å². The summed E-state index contributed by atoms with van der Waals surface area (Å²) in [6.45, 7) is 6.33. The number of rotatable bonds is 22. The van der Waals surface area contributed by atoms with Crippen molar-refractivity contribution < 1.29 is 37.9 Å². The minimum absolute atomic E-state index is 0.0610. The van der Waals surface area contributed by atoms with E-state index in [0.717, 1.165) is 48.1 Å². The van der Waals surface area contributed by atoms with Crippen molar-refractivity contribution in [2.24, 2.45) is 17.8 Å². The van der Waals surface area contributed by atoms with Crippen LogP contribution in [0.4, 0.5) is 6.01 Å². The number of amides is 5. The Morgan fingerprint density at radius 2 is 1.44 bits per heavy atom. The second kappa shape index (κ2) is 21.4. The van der Waals surface area contributed by atoms with E-state index >= 15 is 0 Å². The first kappa shape index (κ1) is 43.8. The van der Waals surface area contributed by atoms with E-state index in [2.05, 4.69) is 20.9 Å². The summed E-state index contributed by atoms with van der Waals surface area (Å²) in [5.74, 6) is -4.09. The molecule has 1 aliphatic heterocycles. The highest BCUT2D eigenvalue weighted by atomic mass is 16.5. The Morgan fingerprint density at radius 1 is 0.814 bits per heavy atom. The van der Waals surface area contributed by atoms with Crippen LogP contribution < -0.4 is 26.4 Å². The lowest BCUT2D eigenvalue weighted by atomic mass is 9.85. The average Bonchev–Trinajstić information content (AvgIpc) is 3.77. The summed E-state index contributed by atoms with van der Waals surface area (Å²) < 4.78 is 11.3. The lowest BCUT2D eigenvalue weighted by Crippen LogP contribution is -2.49. The lowest BCUT2D eigenvalue weighted by molar-refractivity contribution is -0.137. The van der Waals surface area contributed by atoms with Gasteiger partial charge >= 0.3 is 0 Å². The van der Waals surface area contributed by atoms with Crippen molar-refractivity contribution in [2.75, 3.05) is 12.3 Å². The molecule has 1 aliphatic rings. The number of nitrogen functional groups attached to an aromatic ring is 1. The number of nitrogens with one attached hydrogen (secondary N) is 3. The van der Waals surface area contributed by atoms with E-state index in [4.69, 9.17) is 14.9 Å². The minimum Gasteiger partial charge on any atom is -0.494 e. The quantitative estimate of drug-likeness (QED) is 0.0435. The predicted octanol–water partition coefficient (Wildman–Crippen LogP) is 5.69. The SMILES string of the molecule is CC(C)[C@H](NC(=O)C[C@H](NC(=O)CCCCCCCOc1ccc(CN(Cc2ccccc2)C(=O)c2cnc(N)o2)cc1)c1ccccc1)C(=O)[C@H]1C(=O)NC(=O)[C@H]1C. The zero-order valence-corrected chi connectivity index (χ0v) is 33.9. The number of Topliss-reactive ketones (excluding diaryl/α,β-unsaturated/α-hetero) is 1. The third-order valence-electron chi connectivity index (χ3n) is 10.3. The maximum Gasteiger partial charge on any atom is 0.292 e. The predicted molar refractivity (Wildman–Crippen MR) is 220 cm³/mol. The van der Waals surface area contributed by atoms with Gasteiger partial charge in [0, 0.05) is 19.5 Å². The summed E-state index contributed by atoms with van der Waals surface area (Å²) in [4.78, 5) is 82.8. The molecule has 0 bridgehead atoms. The Morgan fingerprint density at radius 3 is 2.05 bits per heavy atom. The van der Waals surface area contributed by atoms with Crippen LogP contribution >= 0.6 is 0 Å². The van der Waals surface area contributed by atoms with Crippen LogP contribution in [-0.2, 0) is 37.1 Å². The molecule has 5 amide bonds. The number of carbonyl (C=O) groups is 6. The van der Waals surface area contributed by atoms with Crippen LogP contribution in [0.2, 0.25) is 0 Å². The molecule has 0 radical (unpaired) electrons. The number of oxazole rings is 1. The summed E-state index contributed by atoms with van der Waals surface area (Å²) in [6, 6.07) is 24.8. The zero-order chi connectivity index (χ0) is 42.3. The van der Waals surface area contributed by atoms with Crippen molar-refractivity contribution in [1.82, 2.24) is 25.8 Å². The number of nitrogens with two attached hydrogens (primary N) is 1. The van der Waals surface area contributed by atoms with Crippen LogP contribution in [0, 0.1) is 17.8 Å². The number of aromatic nitrogens is 1. The fourth-order valence-corrected chi connectivity index (χ4v) is 7.01. The van der Waals surface area contributed by atoms with Crippen molar-refractivity contribution in [2.45, 2.75) is 90.9 Å². The van der Waals surface area contributed by atoms with Crippen LogP contribution in [0.15, 0.2) is 95.5 Å². The van der Waals surface area contributed by atoms with Gasteiger partial charge in [-0.3, -0.25) is 34.1 Å². The highest BCUT2D eigenvalue weighted by molar-refractivity contribution is 6.16. The Balaban J connectivity index is 1.02. The summed E-state index contributed by atoms with van der Waals surface area (Å²) in [7, 11) is 0. The number of benzene rings is 3. The molecule has 1 fully saturated rings. The second-order valence-corrected chi connectivity index (χ2v) is 15.3. The summed E-state index contributed by atoms with van der Waals surface area (Å²) in [5, 5.41) is 7.97. The maximum atomic E-state index is 13.3. The second-order valence-electron chi connectivity index (χ2n) is 15.3. The van der Waals surface area contributed by atoms with Gasteiger partial charge in [0.1, 0.15) is 11.7 Å². The molecule has 0 spiro atoms. The highest BCUT2D eigenvalue weighted by Crippen LogP contribution is 2.25. The van der Waals surface area contributed by atoms with Crippen molar-refractivity contribution >= 4 is 41.3 Å². The molecule has 0 saturated carbocycles. The molecule has 312 valence electrons. The van der Waals surface area contributed by atoms with Crippen LogP contribution in [-0.4, -0.2) is 57.9 Å². The van der Waals surface area contributed by atoms with Crippen LogP contribution in [0.25, 0.3) is 0 Å². The number of nitrogens with zero attached hydrogens (tertiary/aromatic N) is 2. The number of ether oxygens (including phenoxy) is 1. The van der Waals surface area contributed by atoms with E-state index in [9.17, 15) is 28.8 Å². The first-order valence-electron chi connectivity index (χ1n) is 20.2. The van der Waals surface area contributed by atoms with Gasteiger partial charge in [0.2, 0.25) is 29.4 Å². The van der Waals surface area contributed by atoms with E-state index in [0.29, 0.717) is 32.5 Å². The Kier molecular flexibility index (Phi) is 15.9. The molecule has 1 saturated heterocycles. The molecule has 4 aromatic rings. The van der Waals surface area contributed by atoms with E-state index in [1.54, 1.807) is 18.7 Å². The van der Waals surface area contributed by atoms with Gasteiger partial charge in [-0.2, -0.15) is 0 Å². The molecule has 14 heteroatoms. The molecule has 5 rings (SSSR count). The highest BCUT2D eigenvalue weighted by Gasteiger charge is 2.46. The average molecular weight is 807 g/mol. The molecule has 5 N–H and O–H groups in total. The van der Waals surface area contributed by atoms with Crippen molar-refractivity contribution in [3.8, 4) is 5.75 Å². The first-order chi connectivity index (χ1) is 28.4. The molecule has 14 nitrogen and oxygen atoms in total. The number of imide groups is 1. The third kappa shape index (κ3) is 12.8. The zero-order valence-electron chi connectivity index (χ0n) is 33.9. The van der Waals surface area contributed by atoms with E-state index in [-0.39, 0.29) is 35.9 Å². The summed E-state index contributed by atoms with van der Waals surface area (Å²) >= 11 is 0. The topological polar surface area (TPSA) is 203 Å². The number of hydrogen-bond acceptors (Lipinski definition) is 10. The number of carbonyl (C=O) groups excluding carboxylic acids is 6. The Hall–Kier alpha value is -6.31. The molecule has 4 atom stereocenters. The molecular formula is C45H54N6O8. The first-order valence-corrected chi connectivity index (χ1v) is 20.2.